The van der Waals surface area contributed by atoms with Gasteiger partial charge in [0.25, 0.3) is 0 Å². The minimum absolute atomic E-state index is 0.193. The lowest BCUT2D eigenvalue weighted by atomic mass is 10.4. The van der Waals surface area contributed by atoms with Crippen molar-refractivity contribution in [2.75, 3.05) is 26.2 Å². The van der Waals surface area contributed by atoms with Gasteiger partial charge in [0.15, 0.2) is 0 Å². The number of halogens is 2. The number of nitrogens with one attached hydrogen (secondary N) is 1. The molecule has 2 rings (SSSR count). The Hall–Kier alpha value is -0.330. The molecule has 100 valence electrons. The van der Waals surface area contributed by atoms with Crippen LogP contribution in [0.25, 0.3) is 0 Å². The van der Waals surface area contributed by atoms with Gasteiger partial charge in [-0.2, -0.15) is 4.31 Å². The van der Waals surface area contributed by atoms with Crippen molar-refractivity contribution in [3.63, 3.8) is 0 Å². The molecule has 0 aliphatic carbocycles. The summed E-state index contributed by atoms with van der Waals surface area (Å²) in [5.41, 5.74) is 0. The van der Waals surface area contributed by atoms with Gasteiger partial charge in [0.2, 0.25) is 10.0 Å². The highest BCUT2D eigenvalue weighted by atomic mass is 35.5. The van der Waals surface area contributed by atoms with Crippen LogP contribution in [-0.2, 0) is 10.0 Å². The smallest absolute Gasteiger partial charge is 0.243 e. The second kappa shape index (κ2) is 5.75. The molecule has 1 fully saturated rings. The summed E-state index contributed by atoms with van der Waals surface area (Å²) in [5.74, 6) is 0. The zero-order valence-corrected chi connectivity index (χ0v) is 12.0. The number of sulfonamides is 1. The van der Waals surface area contributed by atoms with E-state index in [1.54, 1.807) is 0 Å². The second-order valence-corrected chi connectivity index (χ2v) is 6.84. The minimum atomic E-state index is -3.47. The standard InChI is InChI=1S/C11H14Cl2N2O2S/c12-10-3-2-9(8-11(10)13)18(16,17)15-6-1-4-14-5-7-15/h2-3,8,14H,1,4-7H2. The van der Waals surface area contributed by atoms with Gasteiger partial charge in [-0.05, 0) is 31.2 Å². The predicted octanol–water partition coefficient (Wildman–Crippen LogP) is 1.98. The molecule has 4 nitrogen and oxygen atoms in total. The van der Waals surface area contributed by atoms with Gasteiger partial charge in [0.05, 0.1) is 14.9 Å². The Kier molecular flexibility index (Phi) is 4.50. The molecule has 0 unspecified atom stereocenters. The lowest BCUT2D eigenvalue weighted by Gasteiger charge is -2.19. The second-order valence-electron chi connectivity index (χ2n) is 4.08. The Morgan fingerprint density at radius 2 is 1.89 bits per heavy atom. The summed E-state index contributed by atoms with van der Waals surface area (Å²) in [7, 11) is -3.47. The number of rotatable bonds is 2. The van der Waals surface area contributed by atoms with E-state index >= 15 is 0 Å². The van der Waals surface area contributed by atoms with Crippen molar-refractivity contribution >= 4 is 33.2 Å². The summed E-state index contributed by atoms with van der Waals surface area (Å²) in [5, 5.41) is 3.78. The van der Waals surface area contributed by atoms with Crippen LogP contribution >= 0.6 is 23.2 Å². The Morgan fingerprint density at radius 1 is 1.11 bits per heavy atom. The average molecular weight is 309 g/mol. The van der Waals surface area contributed by atoms with Gasteiger partial charge in [0, 0.05) is 19.6 Å². The van der Waals surface area contributed by atoms with Crippen molar-refractivity contribution in [3.05, 3.63) is 28.2 Å². The van der Waals surface area contributed by atoms with E-state index in [9.17, 15) is 8.42 Å². The van der Waals surface area contributed by atoms with Gasteiger partial charge in [-0.25, -0.2) is 8.42 Å². The number of benzene rings is 1. The van der Waals surface area contributed by atoms with Crippen molar-refractivity contribution in [1.82, 2.24) is 9.62 Å². The van der Waals surface area contributed by atoms with Crippen LogP contribution in [0.1, 0.15) is 6.42 Å². The first kappa shape index (κ1) is 14.1. The van der Waals surface area contributed by atoms with E-state index in [1.807, 2.05) is 0 Å². The fourth-order valence-corrected chi connectivity index (χ4v) is 3.72. The van der Waals surface area contributed by atoms with E-state index in [1.165, 1.54) is 22.5 Å². The monoisotopic (exact) mass is 308 g/mol. The summed E-state index contributed by atoms with van der Waals surface area (Å²) < 4.78 is 26.3. The number of hydrogen-bond donors (Lipinski definition) is 1. The Balaban J connectivity index is 2.31. The van der Waals surface area contributed by atoms with E-state index in [0.29, 0.717) is 24.7 Å². The van der Waals surface area contributed by atoms with Crippen molar-refractivity contribution in [1.29, 1.82) is 0 Å². The highest BCUT2D eigenvalue weighted by molar-refractivity contribution is 7.89. The summed E-state index contributed by atoms with van der Waals surface area (Å²) in [6.45, 7) is 2.51. The topological polar surface area (TPSA) is 49.4 Å². The van der Waals surface area contributed by atoms with Crippen LogP contribution in [0.4, 0.5) is 0 Å². The SMILES string of the molecule is O=S(=O)(c1ccc(Cl)c(Cl)c1)N1CCCNCC1. The molecule has 1 saturated heterocycles. The van der Waals surface area contributed by atoms with Crippen LogP contribution < -0.4 is 5.32 Å². The molecular formula is C11H14Cl2N2O2S. The van der Waals surface area contributed by atoms with E-state index in [2.05, 4.69) is 5.32 Å². The van der Waals surface area contributed by atoms with E-state index in [4.69, 9.17) is 23.2 Å². The van der Waals surface area contributed by atoms with Crippen molar-refractivity contribution < 1.29 is 8.42 Å². The maximum absolute atomic E-state index is 12.4. The summed E-state index contributed by atoms with van der Waals surface area (Å²) in [6.07, 6.45) is 0.806. The summed E-state index contributed by atoms with van der Waals surface area (Å²) >= 11 is 11.7. The molecule has 0 atom stereocenters. The molecule has 1 heterocycles. The molecule has 0 bridgehead atoms. The van der Waals surface area contributed by atoms with Gasteiger partial charge < -0.3 is 5.32 Å². The molecule has 1 aromatic carbocycles. The van der Waals surface area contributed by atoms with Crippen molar-refractivity contribution in [2.24, 2.45) is 0 Å². The maximum Gasteiger partial charge on any atom is 0.243 e. The molecule has 7 heteroatoms. The van der Waals surface area contributed by atoms with Crippen LogP contribution in [0, 0.1) is 0 Å². The summed E-state index contributed by atoms with van der Waals surface area (Å²) in [4.78, 5) is 0.193. The minimum Gasteiger partial charge on any atom is -0.315 e. The molecule has 0 saturated carbocycles. The number of hydrogen-bond acceptors (Lipinski definition) is 3. The Labute approximate surface area is 117 Å². The van der Waals surface area contributed by atoms with Gasteiger partial charge in [-0.3, -0.25) is 0 Å². The third-order valence-electron chi connectivity index (χ3n) is 2.83. The molecule has 1 aliphatic rings. The molecular weight excluding hydrogens is 295 g/mol. The van der Waals surface area contributed by atoms with Crippen LogP contribution in [0.2, 0.25) is 10.0 Å². The lowest BCUT2D eigenvalue weighted by molar-refractivity contribution is 0.432. The fraction of sp³-hybridized carbons (Fsp3) is 0.455. The van der Waals surface area contributed by atoms with E-state index in [0.717, 1.165) is 13.0 Å². The van der Waals surface area contributed by atoms with Crippen LogP contribution in [0.15, 0.2) is 23.1 Å². The molecule has 1 aromatic rings. The Bertz CT molecular complexity index is 526. The van der Waals surface area contributed by atoms with Crippen LogP contribution in [0.3, 0.4) is 0 Å². The van der Waals surface area contributed by atoms with Gasteiger partial charge in [-0.1, -0.05) is 23.2 Å². The van der Waals surface area contributed by atoms with Crippen LogP contribution in [-0.4, -0.2) is 38.9 Å². The zero-order valence-electron chi connectivity index (χ0n) is 9.70. The molecule has 18 heavy (non-hydrogen) atoms. The molecule has 1 N–H and O–H groups in total. The van der Waals surface area contributed by atoms with E-state index < -0.39 is 10.0 Å². The highest BCUT2D eigenvalue weighted by Gasteiger charge is 2.25. The number of nitrogens with zero attached hydrogens (tertiary/aromatic N) is 1. The van der Waals surface area contributed by atoms with Crippen molar-refractivity contribution in [3.8, 4) is 0 Å². The Morgan fingerprint density at radius 3 is 2.61 bits per heavy atom. The van der Waals surface area contributed by atoms with E-state index in [-0.39, 0.29) is 9.92 Å². The van der Waals surface area contributed by atoms with Gasteiger partial charge in [-0.15, -0.1) is 0 Å². The zero-order chi connectivity index (χ0) is 13.2. The first-order valence-corrected chi connectivity index (χ1v) is 7.87. The third kappa shape index (κ3) is 2.97. The molecule has 0 spiro atoms. The first-order chi connectivity index (χ1) is 8.51. The van der Waals surface area contributed by atoms with Crippen molar-refractivity contribution in [2.45, 2.75) is 11.3 Å². The quantitative estimate of drug-likeness (QED) is 0.909. The molecule has 0 radical (unpaired) electrons. The van der Waals surface area contributed by atoms with Gasteiger partial charge in [0.1, 0.15) is 0 Å². The fourth-order valence-electron chi connectivity index (χ4n) is 1.85. The lowest BCUT2D eigenvalue weighted by Crippen LogP contribution is -2.34. The third-order valence-corrected chi connectivity index (χ3v) is 5.46. The molecule has 0 aromatic heterocycles. The largest absolute Gasteiger partial charge is 0.315 e. The average Bonchev–Trinajstić information content (AvgIpc) is 2.61. The normalized spacial score (nSPS) is 18.6. The maximum atomic E-state index is 12.4. The predicted molar refractivity (Wildman–Crippen MR) is 72.7 cm³/mol. The van der Waals surface area contributed by atoms with Gasteiger partial charge >= 0.3 is 0 Å². The highest BCUT2D eigenvalue weighted by Crippen LogP contribution is 2.26. The molecule has 1 aliphatic heterocycles. The summed E-state index contributed by atoms with van der Waals surface area (Å²) in [6, 6.07) is 4.40. The van der Waals surface area contributed by atoms with Crippen LogP contribution in [0.5, 0.6) is 0 Å². The molecule has 0 amide bonds. The first-order valence-electron chi connectivity index (χ1n) is 5.68.